The van der Waals surface area contributed by atoms with Crippen LogP contribution in [0.2, 0.25) is 0 Å². The molecule has 0 spiro atoms. The van der Waals surface area contributed by atoms with Gasteiger partial charge in [-0.05, 0) is 42.3 Å². The van der Waals surface area contributed by atoms with Gasteiger partial charge in [-0.25, -0.2) is 4.39 Å². The van der Waals surface area contributed by atoms with Gasteiger partial charge in [0.2, 0.25) is 0 Å². The number of nitrogens with zero attached hydrogens (tertiary/aromatic N) is 1. The number of hydrogen-bond donors (Lipinski definition) is 1. The Labute approximate surface area is 135 Å². The first-order chi connectivity index (χ1) is 11.4. The average molecular weight is 334 g/mol. The molecule has 0 saturated carbocycles. The molecule has 0 aliphatic heterocycles. The SMILES string of the molecule is N=Cc1cccc2c1ccn2CCc1cc(F)cc(C(F)(F)F)c1. The van der Waals surface area contributed by atoms with Gasteiger partial charge in [0.1, 0.15) is 5.82 Å². The number of halogens is 4. The van der Waals surface area contributed by atoms with Gasteiger partial charge >= 0.3 is 6.18 Å². The van der Waals surface area contributed by atoms with Gasteiger partial charge in [-0.1, -0.05) is 12.1 Å². The molecule has 0 bridgehead atoms. The van der Waals surface area contributed by atoms with Crippen LogP contribution < -0.4 is 0 Å². The maximum atomic E-state index is 13.4. The van der Waals surface area contributed by atoms with Gasteiger partial charge in [-0.15, -0.1) is 0 Å². The van der Waals surface area contributed by atoms with Gasteiger partial charge in [0.15, 0.2) is 0 Å². The molecule has 1 aromatic heterocycles. The lowest BCUT2D eigenvalue weighted by Gasteiger charge is -2.10. The molecule has 0 fully saturated rings. The van der Waals surface area contributed by atoms with E-state index in [1.165, 1.54) is 6.21 Å². The van der Waals surface area contributed by atoms with E-state index in [0.29, 0.717) is 18.2 Å². The van der Waals surface area contributed by atoms with Crippen molar-refractivity contribution in [1.29, 1.82) is 5.41 Å². The Morgan fingerprint density at radius 3 is 2.58 bits per heavy atom. The number of nitrogens with one attached hydrogen (secondary N) is 1. The third-order valence-corrected chi connectivity index (χ3v) is 3.93. The van der Waals surface area contributed by atoms with Crippen molar-refractivity contribution in [3.63, 3.8) is 0 Å². The largest absolute Gasteiger partial charge is 0.416 e. The van der Waals surface area contributed by atoms with Crippen LogP contribution in [0.4, 0.5) is 17.6 Å². The van der Waals surface area contributed by atoms with Crippen molar-refractivity contribution in [1.82, 2.24) is 4.57 Å². The Hall–Kier alpha value is -2.63. The van der Waals surface area contributed by atoms with Gasteiger partial charge in [0, 0.05) is 35.4 Å². The molecular formula is C18H14F4N2. The molecule has 0 aliphatic carbocycles. The lowest BCUT2D eigenvalue weighted by Crippen LogP contribution is -2.07. The van der Waals surface area contributed by atoms with Crippen molar-refractivity contribution in [2.24, 2.45) is 0 Å². The highest BCUT2D eigenvalue weighted by Gasteiger charge is 2.31. The van der Waals surface area contributed by atoms with E-state index >= 15 is 0 Å². The van der Waals surface area contributed by atoms with E-state index in [1.54, 1.807) is 0 Å². The molecule has 2 aromatic carbocycles. The van der Waals surface area contributed by atoms with Gasteiger partial charge in [-0.3, -0.25) is 0 Å². The second-order valence-electron chi connectivity index (χ2n) is 5.53. The number of hydrogen-bond acceptors (Lipinski definition) is 1. The van der Waals surface area contributed by atoms with Crippen molar-refractivity contribution in [3.05, 3.63) is 71.2 Å². The number of aryl methyl sites for hydroxylation is 2. The van der Waals surface area contributed by atoms with Crippen LogP contribution in [0.15, 0.2) is 48.7 Å². The smallest absolute Gasteiger partial charge is 0.347 e. The molecule has 0 aliphatic rings. The molecule has 6 heteroatoms. The van der Waals surface area contributed by atoms with E-state index in [1.807, 2.05) is 35.0 Å². The Balaban J connectivity index is 1.87. The number of benzene rings is 2. The molecular weight excluding hydrogens is 320 g/mol. The minimum Gasteiger partial charge on any atom is -0.347 e. The van der Waals surface area contributed by atoms with Crippen LogP contribution in [0.1, 0.15) is 16.7 Å². The second kappa shape index (κ2) is 6.11. The third-order valence-electron chi connectivity index (χ3n) is 3.93. The van der Waals surface area contributed by atoms with E-state index < -0.39 is 17.6 Å². The molecule has 0 radical (unpaired) electrons. The van der Waals surface area contributed by atoms with Crippen molar-refractivity contribution in [2.45, 2.75) is 19.1 Å². The van der Waals surface area contributed by atoms with E-state index in [0.717, 1.165) is 28.6 Å². The van der Waals surface area contributed by atoms with Crippen LogP contribution in [0, 0.1) is 11.2 Å². The predicted octanol–water partition coefficient (Wildman–Crippen LogP) is 5.04. The summed E-state index contributed by atoms with van der Waals surface area (Å²) in [6.45, 7) is 0.422. The molecule has 24 heavy (non-hydrogen) atoms. The zero-order valence-corrected chi connectivity index (χ0v) is 12.6. The Bertz CT molecular complexity index is 894. The van der Waals surface area contributed by atoms with Gasteiger partial charge in [0.25, 0.3) is 0 Å². The zero-order chi connectivity index (χ0) is 17.3. The van der Waals surface area contributed by atoms with Gasteiger partial charge in [0.05, 0.1) is 5.56 Å². The van der Waals surface area contributed by atoms with Crippen LogP contribution >= 0.6 is 0 Å². The summed E-state index contributed by atoms with van der Waals surface area (Å²) >= 11 is 0. The highest BCUT2D eigenvalue weighted by Crippen LogP contribution is 2.30. The topological polar surface area (TPSA) is 28.8 Å². The summed E-state index contributed by atoms with van der Waals surface area (Å²) in [5.74, 6) is -0.886. The molecule has 0 amide bonds. The minimum atomic E-state index is -4.56. The number of fused-ring (bicyclic) bond motifs is 1. The zero-order valence-electron chi connectivity index (χ0n) is 12.6. The van der Waals surface area contributed by atoms with Crippen LogP contribution in [-0.2, 0) is 19.1 Å². The molecule has 0 atom stereocenters. The first-order valence-corrected chi connectivity index (χ1v) is 7.33. The molecule has 1 N–H and O–H groups in total. The fraction of sp³-hybridized carbons (Fsp3) is 0.167. The Morgan fingerprint density at radius 1 is 1.08 bits per heavy atom. The molecule has 0 saturated heterocycles. The standard InChI is InChI=1S/C18H14F4N2/c19-15-9-12(8-14(10-15)18(20,21)22)4-6-24-7-5-16-13(11-23)2-1-3-17(16)24/h1-3,5,7-11,23H,4,6H2. The number of rotatable bonds is 4. The van der Waals surface area contributed by atoms with E-state index in [-0.39, 0.29) is 6.42 Å². The van der Waals surface area contributed by atoms with Gasteiger partial charge in [-0.2, -0.15) is 13.2 Å². The monoisotopic (exact) mass is 334 g/mol. The molecule has 3 aromatic rings. The van der Waals surface area contributed by atoms with Crippen molar-refractivity contribution < 1.29 is 17.6 Å². The quantitative estimate of drug-likeness (QED) is 0.512. The summed E-state index contributed by atoms with van der Waals surface area (Å²) in [4.78, 5) is 0. The highest BCUT2D eigenvalue weighted by atomic mass is 19.4. The summed E-state index contributed by atoms with van der Waals surface area (Å²) in [6.07, 6.45) is -1.20. The Kier molecular flexibility index (Phi) is 4.13. The van der Waals surface area contributed by atoms with Crippen molar-refractivity contribution in [3.8, 4) is 0 Å². The predicted molar refractivity (Wildman–Crippen MR) is 84.9 cm³/mol. The highest BCUT2D eigenvalue weighted by molar-refractivity contribution is 5.97. The van der Waals surface area contributed by atoms with Crippen LogP contribution in [0.5, 0.6) is 0 Å². The molecule has 2 nitrogen and oxygen atoms in total. The minimum absolute atomic E-state index is 0.277. The van der Waals surface area contributed by atoms with Crippen molar-refractivity contribution in [2.75, 3.05) is 0 Å². The van der Waals surface area contributed by atoms with E-state index in [4.69, 9.17) is 5.41 Å². The first kappa shape index (κ1) is 16.2. The lowest BCUT2D eigenvalue weighted by molar-refractivity contribution is -0.137. The molecule has 3 rings (SSSR count). The summed E-state index contributed by atoms with van der Waals surface area (Å²) < 4.78 is 53.6. The van der Waals surface area contributed by atoms with Crippen LogP contribution in [0.25, 0.3) is 10.9 Å². The molecule has 0 unspecified atom stereocenters. The Morgan fingerprint density at radius 2 is 1.88 bits per heavy atom. The van der Waals surface area contributed by atoms with E-state index in [9.17, 15) is 17.6 Å². The van der Waals surface area contributed by atoms with E-state index in [2.05, 4.69) is 0 Å². The number of alkyl halides is 3. The maximum absolute atomic E-state index is 13.4. The van der Waals surface area contributed by atoms with Gasteiger partial charge < -0.3 is 9.98 Å². The fourth-order valence-corrected chi connectivity index (χ4v) is 2.78. The summed E-state index contributed by atoms with van der Waals surface area (Å²) in [5.41, 5.74) is 0.994. The summed E-state index contributed by atoms with van der Waals surface area (Å²) in [7, 11) is 0. The number of aromatic nitrogens is 1. The maximum Gasteiger partial charge on any atom is 0.416 e. The van der Waals surface area contributed by atoms with Crippen LogP contribution in [-0.4, -0.2) is 10.8 Å². The second-order valence-corrected chi connectivity index (χ2v) is 5.53. The van der Waals surface area contributed by atoms with Crippen LogP contribution in [0.3, 0.4) is 0 Å². The summed E-state index contributed by atoms with van der Waals surface area (Å²) in [6, 6.07) is 10.0. The summed E-state index contributed by atoms with van der Waals surface area (Å²) in [5, 5.41) is 8.30. The van der Waals surface area contributed by atoms with Crippen molar-refractivity contribution >= 4 is 17.1 Å². The fourth-order valence-electron chi connectivity index (χ4n) is 2.78. The molecule has 124 valence electrons. The molecule has 1 heterocycles. The third kappa shape index (κ3) is 3.18. The lowest BCUT2D eigenvalue weighted by atomic mass is 10.1. The first-order valence-electron chi connectivity index (χ1n) is 7.33. The average Bonchev–Trinajstić information content (AvgIpc) is 2.94. The normalized spacial score (nSPS) is 11.8.